The second-order valence-electron chi connectivity index (χ2n) is 20.4. The third-order valence-corrected chi connectivity index (χ3v) is 13.6. The number of aliphatic imine (C=N–C) groups is 1. The van der Waals surface area contributed by atoms with Gasteiger partial charge in [0.25, 0.3) is 0 Å². The molecule has 34 heteroatoms. The number of hydrogen-bond donors (Lipinski definition) is 18. The first-order valence-electron chi connectivity index (χ1n) is 27.7. The van der Waals surface area contributed by atoms with Crippen LogP contribution in [-0.4, -0.2) is 199 Å². The average molecular weight is 1250 g/mol. The second kappa shape index (κ2) is 38.9. The number of rotatable bonds is 42. The zero-order valence-electron chi connectivity index (χ0n) is 48.7. The van der Waals surface area contributed by atoms with Crippen molar-refractivity contribution in [1.82, 2.24) is 57.8 Å². The smallest absolute Gasteiger partial charge is 0.326 e. The normalized spacial score (nSPS) is 14.4. The Morgan fingerprint density at radius 2 is 1.01 bits per heavy atom. The lowest BCUT2D eigenvalue weighted by molar-refractivity contribution is -0.147. The van der Waals surface area contributed by atoms with Crippen LogP contribution in [0.3, 0.4) is 0 Å². The highest BCUT2D eigenvalue weighted by Crippen LogP contribution is 2.12. The topological polar surface area (TPSA) is 556 Å². The number of nitrogens with one attached hydrogen (secondary N) is 10. The molecule has 0 aliphatic rings. The van der Waals surface area contributed by atoms with E-state index in [4.69, 9.17) is 22.9 Å². The molecule has 2 aromatic rings. The molecule has 10 atom stereocenters. The van der Waals surface area contributed by atoms with Crippen molar-refractivity contribution in [3.05, 3.63) is 54.1 Å². The van der Waals surface area contributed by atoms with Crippen molar-refractivity contribution >= 4 is 94.8 Å². The van der Waals surface area contributed by atoms with Crippen molar-refractivity contribution in [2.24, 2.45) is 33.8 Å². The van der Waals surface area contributed by atoms with E-state index in [0.29, 0.717) is 24.9 Å². The summed E-state index contributed by atoms with van der Waals surface area (Å²) in [6, 6.07) is -7.49. The van der Waals surface area contributed by atoms with Gasteiger partial charge in [0.05, 0.1) is 25.2 Å². The molecule has 2 rings (SSSR count). The summed E-state index contributed by atoms with van der Waals surface area (Å²) in [7, 11) is 0. The summed E-state index contributed by atoms with van der Waals surface area (Å²) in [4.78, 5) is 182. The maximum absolute atomic E-state index is 14.5. The molecular formula is C53H82N16O17S. The third kappa shape index (κ3) is 28.7. The van der Waals surface area contributed by atoms with E-state index in [9.17, 15) is 82.8 Å². The van der Waals surface area contributed by atoms with Gasteiger partial charge in [-0.15, -0.1) is 0 Å². The molecule has 482 valence electrons. The number of carboxylic acids is 4. The molecule has 33 nitrogen and oxygen atoms in total. The number of aromatic amines is 1. The minimum absolute atomic E-state index is 0.00905. The van der Waals surface area contributed by atoms with Gasteiger partial charge in [0.1, 0.15) is 54.4 Å². The summed E-state index contributed by atoms with van der Waals surface area (Å²) in [6.45, 7) is 4.76. The van der Waals surface area contributed by atoms with Gasteiger partial charge >= 0.3 is 23.9 Å². The number of carboxylic acid groups (broad SMARTS) is 4. The molecule has 87 heavy (non-hydrogen) atoms. The van der Waals surface area contributed by atoms with Crippen LogP contribution in [0.15, 0.2) is 47.8 Å². The number of nitrogens with zero attached hydrogens (tertiary/aromatic N) is 2. The summed E-state index contributed by atoms with van der Waals surface area (Å²) < 4.78 is 0. The maximum atomic E-state index is 14.5. The summed E-state index contributed by atoms with van der Waals surface area (Å²) in [5, 5.41) is 60.0. The van der Waals surface area contributed by atoms with Crippen molar-refractivity contribution in [1.29, 1.82) is 0 Å². The van der Waals surface area contributed by atoms with Gasteiger partial charge < -0.3 is 96.2 Å². The van der Waals surface area contributed by atoms with E-state index in [-0.39, 0.29) is 68.4 Å². The molecule has 0 spiro atoms. The highest BCUT2D eigenvalue weighted by molar-refractivity contribution is 7.98. The number of aromatic nitrogens is 2. The number of unbranched alkanes of at least 4 members (excludes halogenated alkanes) is 1. The molecule has 0 unspecified atom stereocenters. The molecule has 0 fully saturated rings. The minimum atomic E-state index is -1.93. The van der Waals surface area contributed by atoms with Crippen LogP contribution in [0.1, 0.15) is 96.2 Å². The molecule has 0 bridgehead atoms. The van der Waals surface area contributed by atoms with E-state index in [2.05, 4.69) is 62.8 Å². The number of aliphatic carboxylic acids is 4. The standard InChI is InChI=1S/C53H82N16O17S/c1-27(2)42(55)51(84)65-31(13-8-9-18-54)44(77)64-34(17-20-87-4)47(80)68-37(23-40(72)73)48(81)61-28(3)43(76)62-33(15-16-39(70)71)46(79)66-35(21-29-11-6-5-7-12-29)49(82)63-32(14-10-19-59-53(56)57)45(78)67-36(22-30-25-58-26-60-30)50(83)69-38(52(85)86)24-41(74)75/h5-7,11-12,25-28,31-38,42H,8-10,13-24,54-55H2,1-4H3,(H,58,60)(H,61,81)(H,62,76)(H,63,82)(H,64,77)(H,65,84)(H,66,79)(H,67,78)(H,68,80)(H,69,83)(H,70,71)(H,72,73)(H,74,75)(H,85,86)(H4,56,57,59)/t28-,31-,32-,33-,34-,35-,36-,37-,38-,42-/m0/s1. The van der Waals surface area contributed by atoms with Crippen molar-refractivity contribution in [3.63, 3.8) is 0 Å². The van der Waals surface area contributed by atoms with Crippen LogP contribution in [0.4, 0.5) is 0 Å². The number of thioether (sulfide) groups is 1. The van der Waals surface area contributed by atoms with Crippen LogP contribution in [0, 0.1) is 5.92 Å². The molecule has 0 radical (unpaired) electrons. The van der Waals surface area contributed by atoms with E-state index in [0.717, 1.165) is 6.92 Å². The quantitative estimate of drug-likeness (QED) is 0.0169. The fourth-order valence-corrected chi connectivity index (χ4v) is 8.57. The highest BCUT2D eigenvalue weighted by atomic mass is 32.2. The van der Waals surface area contributed by atoms with Crippen LogP contribution in [0.25, 0.3) is 0 Å². The Balaban J connectivity index is 2.48. The molecule has 9 amide bonds. The summed E-state index contributed by atoms with van der Waals surface area (Å²) in [5.41, 5.74) is 23.3. The van der Waals surface area contributed by atoms with Crippen molar-refractivity contribution in [2.45, 2.75) is 158 Å². The Morgan fingerprint density at radius 1 is 0.552 bits per heavy atom. The van der Waals surface area contributed by atoms with E-state index >= 15 is 0 Å². The molecule has 0 saturated heterocycles. The Hall–Kier alpha value is -8.92. The molecule has 1 aromatic heterocycles. The lowest BCUT2D eigenvalue weighted by atomic mass is 10.0. The number of carbonyl (C=O) groups excluding carboxylic acids is 9. The number of imidazole rings is 1. The van der Waals surface area contributed by atoms with Gasteiger partial charge in [-0.25, -0.2) is 9.78 Å². The first-order valence-corrected chi connectivity index (χ1v) is 29.1. The average Bonchev–Trinajstić information content (AvgIpc) is 3.38. The molecule has 1 aromatic carbocycles. The first kappa shape index (κ1) is 74.2. The maximum Gasteiger partial charge on any atom is 0.326 e. The fraction of sp³-hybridized carbons (Fsp3) is 0.566. The number of nitrogens with two attached hydrogens (primary N) is 4. The molecule has 22 N–H and O–H groups in total. The van der Waals surface area contributed by atoms with E-state index in [1.165, 1.54) is 24.3 Å². The Kier molecular flexibility index (Phi) is 33.2. The summed E-state index contributed by atoms with van der Waals surface area (Å²) in [5.74, 6) is -15.6. The zero-order chi connectivity index (χ0) is 65.3. The number of benzene rings is 1. The van der Waals surface area contributed by atoms with E-state index < -0.39 is 163 Å². The highest BCUT2D eigenvalue weighted by Gasteiger charge is 2.36. The van der Waals surface area contributed by atoms with Crippen molar-refractivity contribution in [3.8, 4) is 0 Å². The number of hydrogen-bond acceptors (Lipinski definition) is 18. The monoisotopic (exact) mass is 1250 g/mol. The van der Waals surface area contributed by atoms with E-state index in [1.54, 1.807) is 50.4 Å². The molecule has 1 heterocycles. The lowest BCUT2D eigenvalue weighted by Crippen LogP contribution is -2.60. The third-order valence-electron chi connectivity index (χ3n) is 13.0. The predicted octanol–water partition coefficient (Wildman–Crippen LogP) is -4.60. The molecule has 0 aliphatic heterocycles. The van der Waals surface area contributed by atoms with Crippen LogP contribution >= 0.6 is 11.8 Å². The molecule has 0 saturated carbocycles. The summed E-state index contributed by atoms with van der Waals surface area (Å²) in [6.07, 6.45) is 0.978. The lowest BCUT2D eigenvalue weighted by Gasteiger charge is -2.27. The van der Waals surface area contributed by atoms with Gasteiger partial charge in [-0.05, 0) is 81.9 Å². The summed E-state index contributed by atoms with van der Waals surface area (Å²) >= 11 is 1.30. The van der Waals surface area contributed by atoms with Gasteiger partial charge in [0.2, 0.25) is 53.2 Å². The Morgan fingerprint density at radius 3 is 1.51 bits per heavy atom. The van der Waals surface area contributed by atoms with Gasteiger partial charge in [-0.2, -0.15) is 11.8 Å². The van der Waals surface area contributed by atoms with Crippen molar-refractivity contribution in [2.75, 3.05) is 25.1 Å². The Bertz CT molecular complexity index is 2680. The van der Waals surface area contributed by atoms with Gasteiger partial charge in [-0.1, -0.05) is 44.2 Å². The van der Waals surface area contributed by atoms with Gasteiger partial charge in [-0.3, -0.25) is 62.5 Å². The van der Waals surface area contributed by atoms with Gasteiger partial charge in [0.15, 0.2) is 5.96 Å². The largest absolute Gasteiger partial charge is 0.481 e. The number of guanidine groups is 1. The van der Waals surface area contributed by atoms with Crippen molar-refractivity contribution < 1.29 is 82.8 Å². The molecular weight excluding hydrogens is 1160 g/mol. The van der Waals surface area contributed by atoms with Crippen LogP contribution in [0.2, 0.25) is 0 Å². The van der Waals surface area contributed by atoms with Crippen LogP contribution in [0.5, 0.6) is 0 Å². The number of amides is 9. The zero-order valence-corrected chi connectivity index (χ0v) is 49.5. The van der Waals surface area contributed by atoms with Crippen LogP contribution in [-0.2, 0) is 75.2 Å². The Labute approximate surface area is 505 Å². The first-order chi connectivity index (χ1) is 41.1. The minimum Gasteiger partial charge on any atom is -0.481 e. The number of carbonyl (C=O) groups is 13. The SMILES string of the molecule is CSCC[C@H](NC(=O)[C@H](CCCCN)NC(=O)[C@@H](N)C(C)C)C(=O)N[C@@H](CC(=O)O)C(=O)N[C@@H](C)C(=O)N[C@@H](CCC(=O)O)C(=O)N[C@@H](Cc1ccccc1)C(=O)N[C@@H](CCCN=C(N)N)C(=O)N[C@@H](Cc1cnc[nH]1)C(=O)N[C@@H](CC(=O)O)C(=O)O. The fourth-order valence-electron chi connectivity index (χ4n) is 8.10. The van der Waals surface area contributed by atoms with Gasteiger partial charge in [0, 0.05) is 37.7 Å². The number of H-pyrrole nitrogens is 1. The predicted molar refractivity (Wildman–Crippen MR) is 313 cm³/mol. The van der Waals surface area contributed by atoms with E-state index in [1.807, 2.05) is 0 Å². The molecule has 0 aliphatic carbocycles. The van der Waals surface area contributed by atoms with Crippen LogP contribution < -0.4 is 70.8 Å². The second-order valence-corrected chi connectivity index (χ2v) is 21.4.